The molecule has 1 aliphatic heterocycles. The summed E-state index contributed by atoms with van der Waals surface area (Å²) in [5.41, 5.74) is 1.25. The van der Waals surface area contributed by atoms with Crippen LogP contribution in [0.1, 0.15) is 43.2 Å². The van der Waals surface area contributed by atoms with Crippen LogP contribution in [-0.2, 0) is 11.2 Å². The molecule has 0 spiro atoms. The second kappa shape index (κ2) is 7.20. The molecule has 6 heteroatoms. The number of carbonyl (C=O) groups excluding carboxylic acids is 1. The highest BCUT2D eigenvalue weighted by molar-refractivity contribution is 7.10. The number of morpholine rings is 1. The molecule has 0 radical (unpaired) electrons. The van der Waals surface area contributed by atoms with Crippen LogP contribution in [-0.4, -0.2) is 49.3 Å². The van der Waals surface area contributed by atoms with Crippen molar-refractivity contribution in [1.82, 2.24) is 15.5 Å². The fourth-order valence-electron chi connectivity index (χ4n) is 3.42. The quantitative estimate of drug-likeness (QED) is 0.888. The molecular formula is C17H27N3O2S. The smallest absolute Gasteiger partial charge is 0.315 e. The largest absolute Gasteiger partial charge is 0.379 e. The van der Waals surface area contributed by atoms with Gasteiger partial charge in [0.25, 0.3) is 0 Å². The number of thiophene rings is 1. The van der Waals surface area contributed by atoms with E-state index in [0.29, 0.717) is 6.54 Å². The third kappa shape index (κ3) is 4.05. The van der Waals surface area contributed by atoms with Crippen molar-refractivity contribution in [2.24, 2.45) is 0 Å². The number of nitrogens with one attached hydrogen (secondary N) is 2. The third-order valence-corrected chi connectivity index (χ3v) is 5.90. The molecule has 1 aromatic rings. The van der Waals surface area contributed by atoms with E-state index in [-0.39, 0.29) is 17.6 Å². The molecule has 5 nitrogen and oxygen atoms in total. The monoisotopic (exact) mass is 337 g/mol. The van der Waals surface area contributed by atoms with Gasteiger partial charge in [0, 0.05) is 30.1 Å². The summed E-state index contributed by atoms with van der Waals surface area (Å²) in [5.74, 6) is 0. The van der Waals surface area contributed by atoms with Crippen LogP contribution in [0, 0.1) is 0 Å². The molecule has 2 heterocycles. The van der Waals surface area contributed by atoms with Gasteiger partial charge in [0.2, 0.25) is 0 Å². The van der Waals surface area contributed by atoms with Crippen LogP contribution in [0.3, 0.4) is 0 Å². The molecule has 128 valence electrons. The van der Waals surface area contributed by atoms with Crippen molar-refractivity contribution < 1.29 is 9.53 Å². The molecule has 0 aromatic carbocycles. The van der Waals surface area contributed by atoms with Crippen molar-refractivity contribution in [3.8, 4) is 0 Å². The van der Waals surface area contributed by atoms with Gasteiger partial charge in [-0.25, -0.2) is 4.79 Å². The van der Waals surface area contributed by atoms with Crippen LogP contribution in [0.15, 0.2) is 11.4 Å². The van der Waals surface area contributed by atoms with Crippen molar-refractivity contribution >= 4 is 17.4 Å². The van der Waals surface area contributed by atoms with E-state index in [1.165, 1.54) is 10.4 Å². The maximum atomic E-state index is 12.3. The lowest BCUT2D eigenvalue weighted by Crippen LogP contribution is -2.56. The minimum atomic E-state index is -0.0598. The summed E-state index contributed by atoms with van der Waals surface area (Å²) in [5, 5.41) is 8.34. The van der Waals surface area contributed by atoms with E-state index < -0.39 is 0 Å². The van der Waals surface area contributed by atoms with Gasteiger partial charge >= 0.3 is 6.03 Å². The molecular weight excluding hydrogens is 310 g/mol. The highest BCUT2D eigenvalue weighted by Gasteiger charge is 2.29. The molecule has 23 heavy (non-hydrogen) atoms. The zero-order valence-electron chi connectivity index (χ0n) is 14.1. The Morgan fingerprint density at radius 2 is 2.22 bits per heavy atom. The van der Waals surface area contributed by atoms with Gasteiger partial charge in [0.1, 0.15) is 0 Å². The Morgan fingerprint density at radius 3 is 3.00 bits per heavy atom. The lowest BCUT2D eigenvalue weighted by atomic mass is 9.94. The summed E-state index contributed by atoms with van der Waals surface area (Å²) in [6, 6.07) is 2.26. The Morgan fingerprint density at radius 1 is 1.43 bits per heavy atom. The average molecular weight is 337 g/mol. The van der Waals surface area contributed by atoms with E-state index in [2.05, 4.69) is 40.8 Å². The average Bonchev–Trinajstić information content (AvgIpc) is 3.04. The minimum Gasteiger partial charge on any atom is -0.379 e. The molecule has 1 fully saturated rings. The van der Waals surface area contributed by atoms with Gasteiger partial charge < -0.3 is 15.4 Å². The summed E-state index contributed by atoms with van der Waals surface area (Å²) in [7, 11) is 0. The number of urea groups is 1. The molecule has 1 saturated heterocycles. The SMILES string of the molecule is CC(C)(CNC(=O)NC1CCCc2sccc21)N1CCOCC1. The van der Waals surface area contributed by atoms with Gasteiger partial charge in [-0.2, -0.15) is 0 Å². The van der Waals surface area contributed by atoms with Crippen LogP contribution in [0.25, 0.3) is 0 Å². The maximum absolute atomic E-state index is 12.3. The Hall–Kier alpha value is -1.11. The van der Waals surface area contributed by atoms with E-state index in [9.17, 15) is 4.79 Å². The van der Waals surface area contributed by atoms with Crippen molar-refractivity contribution in [1.29, 1.82) is 0 Å². The first-order valence-electron chi connectivity index (χ1n) is 8.50. The standard InChI is InChI=1S/C17H27N3O2S/c1-17(2,20-7-9-22-10-8-20)12-18-16(21)19-14-4-3-5-15-13(14)6-11-23-15/h6,11,14H,3-5,7-10,12H2,1-2H3,(H2,18,19,21). The predicted octanol–water partition coefficient (Wildman–Crippen LogP) is 2.54. The van der Waals surface area contributed by atoms with E-state index >= 15 is 0 Å². The number of hydrogen-bond donors (Lipinski definition) is 2. The number of carbonyl (C=O) groups is 1. The second-order valence-electron chi connectivity index (χ2n) is 6.98. The topological polar surface area (TPSA) is 53.6 Å². The molecule has 2 amide bonds. The number of aryl methyl sites for hydroxylation is 1. The predicted molar refractivity (Wildman–Crippen MR) is 93.0 cm³/mol. The summed E-state index contributed by atoms with van der Waals surface area (Å²) in [6.07, 6.45) is 3.33. The molecule has 0 bridgehead atoms. The molecule has 2 N–H and O–H groups in total. The van der Waals surface area contributed by atoms with Crippen LogP contribution in [0.4, 0.5) is 4.79 Å². The Balaban J connectivity index is 1.50. The lowest BCUT2D eigenvalue weighted by molar-refractivity contribution is -0.00877. The Labute approximate surface area is 142 Å². The highest BCUT2D eigenvalue weighted by atomic mass is 32.1. The molecule has 2 aliphatic rings. The lowest BCUT2D eigenvalue weighted by Gasteiger charge is -2.41. The van der Waals surface area contributed by atoms with Gasteiger partial charge in [-0.05, 0) is 50.1 Å². The summed E-state index contributed by atoms with van der Waals surface area (Å²) < 4.78 is 5.41. The minimum absolute atomic E-state index is 0.0543. The molecule has 0 saturated carbocycles. The summed E-state index contributed by atoms with van der Waals surface area (Å²) >= 11 is 1.80. The van der Waals surface area contributed by atoms with E-state index in [4.69, 9.17) is 4.74 Å². The van der Waals surface area contributed by atoms with Crippen molar-refractivity contribution in [3.63, 3.8) is 0 Å². The van der Waals surface area contributed by atoms with Gasteiger partial charge in [-0.3, -0.25) is 4.90 Å². The van der Waals surface area contributed by atoms with E-state index in [1.54, 1.807) is 11.3 Å². The Bertz CT molecular complexity index is 538. The molecule has 3 rings (SSSR count). The molecule has 1 atom stereocenters. The Kier molecular flexibility index (Phi) is 5.24. The van der Waals surface area contributed by atoms with Gasteiger partial charge in [0.15, 0.2) is 0 Å². The van der Waals surface area contributed by atoms with Crippen LogP contribution in [0.2, 0.25) is 0 Å². The number of amides is 2. The second-order valence-corrected chi connectivity index (χ2v) is 7.98. The number of rotatable bonds is 4. The van der Waals surface area contributed by atoms with E-state index in [1.807, 2.05) is 0 Å². The van der Waals surface area contributed by atoms with Crippen LogP contribution >= 0.6 is 11.3 Å². The molecule has 1 unspecified atom stereocenters. The van der Waals surface area contributed by atoms with Crippen molar-refractivity contribution in [3.05, 3.63) is 21.9 Å². The number of hydrogen-bond acceptors (Lipinski definition) is 4. The normalized spacial score (nSPS) is 22.4. The number of fused-ring (bicyclic) bond motifs is 1. The number of nitrogens with zero attached hydrogens (tertiary/aromatic N) is 1. The van der Waals surface area contributed by atoms with Crippen LogP contribution in [0.5, 0.6) is 0 Å². The zero-order valence-corrected chi connectivity index (χ0v) is 14.9. The third-order valence-electron chi connectivity index (χ3n) is 4.91. The molecule has 1 aromatic heterocycles. The first-order chi connectivity index (χ1) is 11.1. The van der Waals surface area contributed by atoms with E-state index in [0.717, 1.165) is 45.6 Å². The first kappa shape index (κ1) is 16.7. The van der Waals surface area contributed by atoms with Crippen molar-refractivity contribution in [2.45, 2.75) is 44.7 Å². The molecule has 1 aliphatic carbocycles. The highest BCUT2D eigenvalue weighted by Crippen LogP contribution is 2.33. The van der Waals surface area contributed by atoms with Crippen LogP contribution < -0.4 is 10.6 Å². The van der Waals surface area contributed by atoms with Crippen molar-refractivity contribution in [2.75, 3.05) is 32.8 Å². The zero-order chi connectivity index (χ0) is 16.3. The fraction of sp³-hybridized carbons (Fsp3) is 0.706. The maximum Gasteiger partial charge on any atom is 0.315 e. The first-order valence-corrected chi connectivity index (χ1v) is 9.38. The van der Waals surface area contributed by atoms with Gasteiger partial charge in [-0.15, -0.1) is 11.3 Å². The number of ether oxygens (including phenoxy) is 1. The van der Waals surface area contributed by atoms with Gasteiger partial charge in [0.05, 0.1) is 19.3 Å². The summed E-state index contributed by atoms with van der Waals surface area (Å²) in [6.45, 7) is 8.40. The van der Waals surface area contributed by atoms with Gasteiger partial charge in [-0.1, -0.05) is 0 Å². The fourth-order valence-corrected chi connectivity index (χ4v) is 4.41. The summed E-state index contributed by atoms with van der Waals surface area (Å²) in [4.78, 5) is 16.1.